The molecule has 4 rings (SSSR count). The van der Waals surface area contributed by atoms with Crippen molar-refractivity contribution >= 4 is 17.4 Å². The lowest BCUT2D eigenvalue weighted by atomic mass is 10.1. The van der Waals surface area contributed by atoms with Crippen LogP contribution in [0.15, 0.2) is 36.5 Å². The van der Waals surface area contributed by atoms with Gasteiger partial charge in [0.05, 0.1) is 0 Å². The lowest BCUT2D eigenvalue weighted by Crippen LogP contribution is -2.20. The molecule has 1 aromatic heterocycles. The van der Waals surface area contributed by atoms with Crippen LogP contribution in [0.25, 0.3) is 0 Å². The fourth-order valence-corrected chi connectivity index (χ4v) is 3.46. The van der Waals surface area contributed by atoms with E-state index in [-0.39, 0.29) is 12.7 Å². The van der Waals surface area contributed by atoms with Gasteiger partial charge in [0.1, 0.15) is 5.82 Å². The van der Waals surface area contributed by atoms with Crippen molar-refractivity contribution in [3.63, 3.8) is 0 Å². The molecule has 2 aromatic rings. The Morgan fingerprint density at radius 3 is 2.65 bits per heavy atom. The molecule has 2 heterocycles. The van der Waals surface area contributed by atoms with E-state index < -0.39 is 0 Å². The summed E-state index contributed by atoms with van der Waals surface area (Å²) in [6.45, 7) is 0.216. The Labute approximate surface area is 152 Å². The largest absolute Gasteiger partial charge is 0.454 e. The van der Waals surface area contributed by atoms with Crippen LogP contribution >= 0.6 is 0 Å². The second-order valence-corrected chi connectivity index (χ2v) is 6.78. The van der Waals surface area contributed by atoms with Gasteiger partial charge in [-0.05, 0) is 37.1 Å². The van der Waals surface area contributed by atoms with Crippen LogP contribution < -0.4 is 20.1 Å². The molecular formula is C20H23N3O3. The molecule has 0 radical (unpaired) electrons. The van der Waals surface area contributed by atoms with Gasteiger partial charge >= 0.3 is 0 Å². The highest BCUT2D eigenvalue weighted by molar-refractivity contribution is 6.04. The van der Waals surface area contributed by atoms with Gasteiger partial charge in [0.2, 0.25) is 6.79 Å². The minimum absolute atomic E-state index is 0.171. The molecule has 0 spiro atoms. The first-order chi connectivity index (χ1) is 12.8. The minimum Gasteiger partial charge on any atom is -0.454 e. The number of nitrogens with one attached hydrogen (secondary N) is 2. The molecule has 0 unspecified atom stereocenters. The average molecular weight is 353 g/mol. The topological polar surface area (TPSA) is 72.5 Å². The molecule has 1 aliphatic carbocycles. The number of amides is 1. The third-order valence-electron chi connectivity index (χ3n) is 4.86. The van der Waals surface area contributed by atoms with Gasteiger partial charge in [-0.1, -0.05) is 25.7 Å². The number of hydrogen-bond donors (Lipinski definition) is 2. The molecule has 136 valence electrons. The lowest BCUT2D eigenvalue weighted by Gasteiger charge is -2.17. The number of rotatable bonds is 4. The normalized spacial score (nSPS) is 16.8. The predicted octanol–water partition coefficient (Wildman–Crippen LogP) is 4.20. The number of benzene rings is 1. The Kier molecular flexibility index (Phi) is 4.91. The van der Waals surface area contributed by atoms with E-state index in [4.69, 9.17) is 9.47 Å². The molecule has 1 amide bonds. The van der Waals surface area contributed by atoms with Gasteiger partial charge in [-0.25, -0.2) is 4.98 Å². The van der Waals surface area contributed by atoms with E-state index in [9.17, 15) is 4.79 Å². The van der Waals surface area contributed by atoms with Gasteiger partial charge in [-0.3, -0.25) is 4.79 Å². The Hall–Kier alpha value is -2.76. The van der Waals surface area contributed by atoms with Crippen molar-refractivity contribution in [2.75, 3.05) is 17.4 Å². The van der Waals surface area contributed by atoms with Crippen LogP contribution in [0, 0.1) is 0 Å². The van der Waals surface area contributed by atoms with Crippen molar-refractivity contribution in [3.8, 4) is 11.5 Å². The van der Waals surface area contributed by atoms with Crippen LogP contribution in [-0.2, 0) is 0 Å². The summed E-state index contributed by atoms with van der Waals surface area (Å²) in [6, 6.07) is 9.35. The Balaban J connectivity index is 1.43. The van der Waals surface area contributed by atoms with E-state index in [1.54, 1.807) is 30.5 Å². The predicted molar refractivity (Wildman–Crippen MR) is 99.9 cm³/mol. The first kappa shape index (κ1) is 16.7. The number of anilines is 2. The van der Waals surface area contributed by atoms with E-state index in [2.05, 4.69) is 15.6 Å². The van der Waals surface area contributed by atoms with Gasteiger partial charge in [-0.15, -0.1) is 0 Å². The molecular weight excluding hydrogens is 330 g/mol. The first-order valence-electron chi connectivity index (χ1n) is 9.21. The van der Waals surface area contributed by atoms with Gasteiger partial charge < -0.3 is 20.1 Å². The summed E-state index contributed by atoms with van der Waals surface area (Å²) < 4.78 is 10.6. The summed E-state index contributed by atoms with van der Waals surface area (Å²) in [4.78, 5) is 16.9. The summed E-state index contributed by atoms with van der Waals surface area (Å²) in [7, 11) is 0. The molecule has 6 heteroatoms. The number of ether oxygens (including phenoxy) is 2. The monoisotopic (exact) mass is 353 g/mol. The molecule has 26 heavy (non-hydrogen) atoms. The van der Waals surface area contributed by atoms with Crippen molar-refractivity contribution < 1.29 is 14.3 Å². The van der Waals surface area contributed by atoms with Crippen molar-refractivity contribution in [1.82, 2.24) is 4.98 Å². The van der Waals surface area contributed by atoms with E-state index in [0.29, 0.717) is 28.8 Å². The molecule has 0 bridgehead atoms. The average Bonchev–Trinajstić information content (AvgIpc) is 2.97. The first-order valence-corrected chi connectivity index (χ1v) is 9.21. The fraction of sp³-hybridized carbons (Fsp3) is 0.400. The maximum Gasteiger partial charge on any atom is 0.255 e. The van der Waals surface area contributed by atoms with Crippen LogP contribution in [0.5, 0.6) is 11.5 Å². The lowest BCUT2D eigenvalue weighted by molar-refractivity contribution is 0.102. The Morgan fingerprint density at radius 2 is 1.81 bits per heavy atom. The Bertz CT molecular complexity index is 786. The summed E-state index contributed by atoms with van der Waals surface area (Å²) in [5.41, 5.74) is 1.25. The van der Waals surface area contributed by atoms with Crippen LogP contribution in [0.4, 0.5) is 11.5 Å². The standard InChI is InChI=1S/C20H23N3O3/c24-20(23-16-7-8-17-18(12-16)26-13-25-17)14-9-10-21-19(11-14)22-15-5-3-1-2-4-6-15/h7-12,15H,1-6,13H2,(H,21,22)(H,23,24). The fourth-order valence-electron chi connectivity index (χ4n) is 3.46. The van der Waals surface area contributed by atoms with Gasteiger partial charge in [0.15, 0.2) is 11.5 Å². The number of fused-ring (bicyclic) bond motifs is 1. The van der Waals surface area contributed by atoms with Crippen LogP contribution in [-0.4, -0.2) is 23.7 Å². The summed E-state index contributed by atoms with van der Waals surface area (Å²) in [6.07, 6.45) is 9.12. The number of hydrogen-bond acceptors (Lipinski definition) is 5. The molecule has 1 aliphatic heterocycles. The molecule has 0 atom stereocenters. The molecule has 1 fully saturated rings. The molecule has 2 aliphatic rings. The van der Waals surface area contributed by atoms with Gasteiger partial charge in [0.25, 0.3) is 5.91 Å². The number of carbonyl (C=O) groups is 1. The third-order valence-corrected chi connectivity index (χ3v) is 4.86. The summed E-state index contributed by atoms with van der Waals surface area (Å²) in [5, 5.41) is 6.39. The molecule has 0 saturated heterocycles. The zero-order chi connectivity index (χ0) is 17.8. The van der Waals surface area contributed by atoms with Crippen LogP contribution in [0.2, 0.25) is 0 Å². The number of nitrogens with zero attached hydrogens (tertiary/aromatic N) is 1. The van der Waals surface area contributed by atoms with E-state index >= 15 is 0 Å². The molecule has 1 saturated carbocycles. The molecule has 6 nitrogen and oxygen atoms in total. The maximum absolute atomic E-state index is 12.6. The third kappa shape index (κ3) is 3.90. The van der Waals surface area contributed by atoms with Crippen molar-refractivity contribution in [2.24, 2.45) is 0 Å². The highest BCUT2D eigenvalue weighted by Crippen LogP contribution is 2.34. The smallest absolute Gasteiger partial charge is 0.255 e. The van der Waals surface area contributed by atoms with Crippen molar-refractivity contribution in [2.45, 2.75) is 44.6 Å². The maximum atomic E-state index is 12.6. The van der Waals surface area contributed by atoms with Crippen LogP contribution in [0.1, 0.15) is 48.9 Å². The van der Waals surface area contributed by atoms with Crippen LogP contribution in [0.3, 0.4) is 0 Å². The number of pyridine rings is 1. The number of carbonyl (C=O) groups excluding carboxylic acids is 1. The van der Waals surface area contributed by atoms with Crippen molar-refractivity contribution in [1.29, 1.82) is 0 Å². The zero-order valence-corrected chi connectivity index (χ0v) is 14.7. The van der Waals surface area contributed by atoms with Crippen molar-refractivity contribution in [3.05, 3.63) is 42.1 Å². The molecule has 1 aromatic carbocycles. The zero-order valence-electron chi connectivity index (χ0n) is 14.7. The Morgan fingerprint density at radius 1 is 1.00 bits per heavy atom. The van der Waals surface area contributed by atoms with E-state index in [0.717, 1.165) is 18.7 Å². The second kappa shape index (κ2) is 7.64. The van der Waals surface area contributed by atoms with Gasteiger partial charge in [-0.2, -0.15) is 0 Å². The summed E-state index contributed by atoms with van der Waals surface area (Å²) >= 11 is 0. The molecule has 2 N–H and O–H groups in total. The highest BCUT2D eigenvalue weighted by Gasteiger charge is 2.16. The second-order valence-electron chi connectivity index (χ2n) is 6.78. The van der Waals surface area contributed by atoms with E-state index in [1.165, 1.54) is 25.7 Å². The minimum atomic E-state index is -0.171. The highest BCUT2D eigenvalue weighted by atomic mass is 16.7. The quantitative estimate of drug-likeness (QED) is 0.806. The summed E-state index contributed by atoms with van der Waals surface area (Å²) in [5.74, 6) is 1.93. The van der Waals surface area contributed by atoms with E-state index in [1.807, 2.05) is 6.07 Å². The number of aromatic nitrogens is 1. The SMILES string of the molecule is O=C(Nc1ccc2c(c1)OCO2)c1ccnc(NC2CCCCCC2)c1. The van der Waals surface area contributed by atoms with Gasteiger partial charge in [0, 0.05) is 29.6 Å².